The molecule has 0 aliphatic heterocycles. The van der Waals surface area contributed by atoms with Crippen LogP contribution < -0.4 is 10.0 Å². The molecular formula is C17H20N2O4S. The number of nitrogens with one attached hydrogen (secondary N) is 2. The lowest BCUT2D eigenvalue weighted by Gasteiger charge is -2.18. The van der Waals surface area contributed by atoms with Gasteiger partial charge in [0.25, 0.3) is 0 Å². The molecule has 2 aromatic rings. The molecule has 128 valence electrons. The normalized spacial score (nSPS) is 12.4. The second kappa shape index (κ2) is 7.35. The van der Waals surface area contributed by atoms with Crippen molar-refractivity contribution < 1.29 is 18.3 Å². The highest BCUT2D eigenvalue weighted by Crippen LogP contribution is 2.24. The van der Waals surface area contributed by atoms with Crippen molar-refractivity contribution in [2.24, 2.45) is 0 Å². The minimum absolute atomic E-state index is 0.0404. The number of amides is 1. The van der Waals surface area contributed by atoms with E-state index in [2.05, 4.69) is 10.0 Å². The molecule has 0 radical (unpaired) electrons. The Bertz CT molecular complexity index is 834. The largest absolute Gasteiger partial charge is 0.508 e. The van der Waals surface area contributed by atoms with Crippen LogP contribution >= 0.6 is 0 Å². The number of anilines is 1. The fraction of sp³-hybridized carbons (Fsp3) is 0.235. The number of benzene rings is 2. The first-order valence-electron chi connectivity index (χ1n) is 7.39. The van der Waals surface area contributed by atoms with Crippen LogP contribution in [0.5, 0.6) is 5.75 Å². The van der Waals surface area contributed by atoms with Gasteiger partial charge in [-0.05, 0) is 24.6 Å². The lowest BCUT2D eigenvalue weighted by molar-refractivity contribution is -0.121. The summed E-state index contributed by atoms with van der Waals surface area (Å²) in [6.45, 7) is 1.77. The smallest absolute Gasteiger partial charge is 0.229 e. The molecule has 0 spiro atoms. The predicted molar refractivity (Wildman–Crippen MR) is 93.3 cm³/mol. The van der Waals surface area contributed by atoms with Gasteiger partial charge < -0.3 is 10.4 Å². The van der Waals surface area contributed by atoms with Gasteiger partial charge in [-0.2, -0.15) is 0 Å². The highest BCUT2D eigenvalue weighted by molar-refractivity contribution is 7.92. The summed E-state index contributed by atoms with van der Waals surface area (Å²) in [5.41, 5.74) is 1.62. The van der Waals surface area contributed by atoms with Crippen LogP contribution in [0.4, 0.5) is 5.69 Å². The van der Waals surface area contributed by atoms with Gasteiger partial charge in [-0.25, -0.2) is 8.42 Å². The third-order valence-electron chi connectivity index (χ3n) is 3.44. The zero-order valence-corrected chi connectivity index (χ0v) is 14.3. The number of aromatic hydroxyl groups is 1. The molecule has 7 heteroatoms. The summed E-state index contributed by atoms with van der Waals surface area (Å²) in [5, 5.41) is 12.5. The second-order valence-corrected chi connectivity index (χ2v) is 7.30. The highest BCUT2D eigenvalue weighted by Gasteiger charge is 2.16. The number of carbonyl (C=O) groups is 1. The van der Waals surface area contributed by atoms with Crippen LogP contribution in [-0.4, -0.2) is 25.7 Å². The van der Waals surface area contributed by atoms with Crippen LogP contribution in [0.1, 0.15) is 24.1 Å². The number of para-hydroxylation sites is 2. The van der Waals surface area contributed by atoms with Gasteiger partial charge in [0.2, 0.25) is 15.9 Å². The van der Waals surface area contributed by atoms with Gasteiger partial charge in [0.1, 0.15) is 5.75 Å². The molecule has 0 heterocycles. The standard InChI is InChI=1S/C17H20N2O4S/c1-12(14-8-4-5-9-15(14)19-24(2,22)23)18-17(21)11-13-7-3-6-10-16(13)20/h3-10,12,19-20H,11H2,1-2H3,(H,18,21). The van der Waals surface area contributed by atoms with E-state index in [4.69, 9.17) is 0 Å². The van der Waals surface area contributed by atoms with Crippen LogP contribution in [-0.2, 0) is 21.2 Å². The van der Waals surface area contributed by atoms with Gasteiger partial charge in [-0.15, -0.1) is 0 Å². The van der Waals surface area contributed by atoms with E-state index < -0.39 is 16.1 Å². The first-order valence-corrected chi connectivity index (χ1v) is 9.28. The van der Waals surface area contributed by atoms with Crippen molar-refractivity contribution in [2.75, 3.05) is 11.0 Å². The van der Waals surface area contributed by atoms with Crippen LogP contribution in [0.25, 0.3) is 0 Å². The Kier molecular flexibility index (Phi) is 5.46. The zero-order chi connectivity index (χ0) is 17.7. The average Bonchev–Trinajstić information content (AvgIpc) is 2.48. The van der Waals surface area contributed by atoms with Gasteiger partial charge in [0.05, 0.1) is 24.4 Å². The molecule has 3 N–H and O–H groups in total. The Hall–Kier alpha value is -2.54. The van der Waals surface area contributed by atoms with Gasteiger partial charge in [0.15, 0.2) is 0 Å². The minimum Gasteiger partial charge on any atom is -0.508 e. The summed E-state index contributed by atoms with van der Waals surface area (Å²) in [5.74, 6) is -0.197. The predicted octanol–water partition coefficient (Wildman–Crippen LogP) is 2.18. The van der Waals surface area contributed by atoms with E-state index in [0.29, 0.717) is 16.8 Å². The first kappa shape index (κ1) is 17.8. The average molecular weight is 348 g/mol. The quantitative estimate of drug-likeness (QED) is 0.745. The van der Waals surface area contributed by atoms with Crippen molar-refractivity contribution >= 4 is 21.6 Å². The number of carbonyl (C=O) groups excluding carboxylic acids is 1. The van der Waals surface area contributed by atoms with E-state index in [1.807, 2.05) is 0 Å². The number of hydrogen-bond acceptors (Lipinski definition) is 4. The molecule has 0 saturated carbocycles. The summed E-state index contributed by atoms with van der Waals surface area (Å²) < 4.78 is 25.3. The summed E-state index contributed by atoms with van der Waals surface area (Å²) in [6.07, 6.45) is 1.11. The maximum absolute atomic E-state index is 12.2. The molecule has 24 heavy (non-hydrogen) atoms. The van der Waals surface area contributed by atoms with Gasteiger partial charge in [-0.1, -0.05) is 36.4 Å². The minimum atomic E-state index is -3.41. The Morgan fingerprint density at radius 1 is 1.12 bits per heavy atom. The third-order valence-corrected chi connectivity index (χ3v) is 4.03. The SMILES string of the molecule is CC(NC(=O)Cc1ccccc1O)c1ccccc1NS(C)(=O)=O. The fourth-order valence-electron chi connectivity index (χ4n) is 2.37. The second-order valence-electron chi connectivity index (χ2n) is 5.56. The van der Waals surface area contributed by atoms with Crippen molar-refractivity contribution in [3.63, 3.8) is 0 Å². The molecule has 2 aromatic carbocycles. The Morgan fingerprint density at radius 2 is 1.75 bits per heavy atom. The molecule has 0 aliphatic carbocycles. The lowest BCUT2D eigenvalue weighted by Crippen LogP contribution is -2.28. The number of hydrogen-bond donors (Lipinski definition) is 3. The van der Waals surface area contributed by atoms with E-state index in [9.17, 15) is 18.3 Å². The van der Waals surface area contributed by atoms with Crippen molar-refractivity contribution in [3.05, 3.63) is 59.7 Å². The van der Waals surface area contributed by atoms with Crippen LogP contribution in [0.15, 0.2) is 48.5 Å². The molecule has 2 rings (SSSR count). The summed E-state index contributed by atoms with van der Waals surface area (Å²) in [6, 6.07) is 13.1. The monoisotopic (exact) mass is 348 g/mol. The lowest BCUT2D eigenvalue weighted by atomic mass is 10.1. The molecule has 0 aliphatic rings. The van der Waals surface area contributed by atoms with Gasteiger partial charge >= 0.3 is 0 Å². The van der Waals surface area contributed by atoms with E-state index in [-0.39, 0.29) is 18.1 Å². The Morgan fingerprint density at radius 3 is 2.42 bits per heavy atom. The molecule has 6 nitrogen and oxygen atoms in total. The number of phenolic OH excluding ortho intramolecular Hbond substituents is 1. The summed E-state index contributed by atoms with van der Waals surface area (Å²) in [4.78, 5) is 12.2. The van der Waals surface area contributed by atoms with Gasteiger partial charge in [0, 0.05) is 5.56 Å². The Labute approximate surface area is 141 Å². The van der Waals surface area contributed by atoms with E-state index in [1.165, 1.54) is 6.07 Å². The topological polar surface area (TPSA) is 95.5 Å². The van der Waals surface area contributed by atoms with E-state index in [1.54, 1.807) is 49.4 Å². The maximum atomic E-state index is 12.2. The third kappa shape index (κ3) is 4.99. The maximum Gasteiger partial charge on any atom is 0.229 e. The number of rotatable bonds is 6. The molecule has 1 amide bonds. The Balaban J connectivity index is 2.11. The van der Waals surface area contributed by atoms with Gasteiger partial charge in [-0.3, -0.25) is 9.52 Å². The number of sulfonamides is 1. The fourth-order valence-corrected chi connectivity index (χ4v) is 2.96. The molecule has 1 atom stereocenters. The van der Waals surface area contributed by atoms with Crippen LogP contribution in [0.2, 0.25) is 0 Å². The van der Waals surface area contributed by atoms with Crippen molar-refractivity contribution in [3.8, 4) is 5.75 Å². The zero-order valence-electron chi connectivity index (χ0n) is 13.5. The van der Waals surface area contributed by atoms with Crippen molar-refractivity contribution in [1.29, 1.82) is 0 Å². The molecule has 0 fully saturated rings. The van der Waals surface area contributed by atoms with Crippen LogP contribution in [0, 0.1) is 0 Å². The van der Waals surface area contributed by atoms with E-state index in [0.717, 1.165) is 6.26 Å². The summed E-state index contributed by atoms with van der Waals surface area (Å²) in [7, 11) is -3.41. The number of phenols is 1. The summed E-state index contributed by atoms with van der Waals surface area (Å²) >= 11 is 0. The first-order chi connectivity index (χ1) is 11.3. The molecule has 0 saturated heterocycles. The van der Waals surface area contributed by atoms with Crippen molar-refractivity contribution in [1.82, 2.24) is 5.32 Å². The molecule has 0 bridgehead atoms. The highest BCUT2D eigenvalue weighted by atomic mass is 32.2. The molecular weight excluding hydrogens is 328 g/mol. The van der Waals surface area contributed by atoms with Crippen molar-refractivity contribution in [2.45, 2.75) is 19.4 Å². The molecule has 1 unspecified atom stereocenters. The molecule has 0 aromatic heterocycles. The van der Waals surface area contributed by atoms with E-state index >= 15 is 0 Å². The van der Waals surface area contributed by atoms with Crippen LogP contribution in [0.3, 0.4) is 0 Å².